The number of hydrogen-bond acceptors (Lipinski definition) is 4. The molecule has 2 aromatic heterocycles. The van der Waals surface area contributed by atoms with Crippen molar-refractivity contribution in [1.82, 2.24) is 15.2 Å². The van der Waals surface area contributed by atoms with E-state index >= 15 is 0 Å². The Balaban J connectivity index is 1.90. The Labute approximate surface area is 120 Å². The number of pyridine rings is 1. The smallest absolute Gasteiger partial charge is 0.259 e. The Kier molecular flexibility index (Phi) is 3.34. The Morgan fingerprint density at radius 1 is 1.14 bits per heavy atom. The molecule has 0 atom stereocenters. The van der Waals surface area contributed by atoms with Crippen molar-refractivity contribution in [3.05, 3.63) is 60.4 Å². The van der Waals surface area contributed by atoms with Gasteiger partial charge in [-0.25, -0.2) is 0 Å². The summed E-state index contributed by atoms with van der Waals surface area (Å²) in [5.41, 5.74) is 1.86. The third kappa shape index (κ3) is 2.59. The SMILES string of the molecule is O=C(Nc1ccccc1O)c1cn[nH]c1-c1ccccn1. The van der Waals surface area contributed by atoms with Crippen LogP contribution in [0.2, 0.25) is 0 Å². The molecule has 104 valence electrons. The van der Waals surface area contributed by atoms with E-state index in [1.54, 1.807) is 36.5 Å². The van der Waals surface area contributed by atoms with Crippen LogP contribution < -0.4 is 5.32 Å². The van der Waals surface area contributed by atoms with E-state index in [4.69, 9.17) is 0 Å². The van der Waals surface area contributed by atoms with Gasteiger partial charge in [-0.3, -0.25) is 14.9 Å². The first-order valence-corrected chi connectivity index (χ1v) is 6.30. The maximum atomic E-state index is 12.3. The monoisotopic (exact) mass is 280 g/mol. The molecule has 0 aliphatic rings. The zero-order valence-electron chi connectivity index (χ0n) is 10.9. The molecule has 1 aromatic carbocycles. The molecule has 0 aliphatic heterocycles. The fourth-order valence-electron chi connectivity index (χ4n) is 1.93. The van der Waals surface area contributed by atoms with Crippen LogP contribution in [0.1, 0.15) is 10.4 Å². The van der Waals surface area contributed by atoms with Gasteiger partial charge < -0.3 is 10.4 Å². The van der Waals surface area contributed by atoms with Crippen LogP contribution in [-0.2, 0) is 0 Å². The molecule has 3 aromatic rings. The van der Waals surface area contributed by atoms with Crippen molar-refractivity contribution >= 4 is 11.6 Å². The highest BCUT2D eigenvalue weighted by molar-refractivity contribution is 6.08. The summed E-state index contributed by atoms with van der Waals surface area (Å²) in [6.07, 6.45) is 3.07. The number of hydrogen-bond donors (Lipinski definition) is 3. The number of aromatic amines is 1. The van der Waals surface area contributed by atoms with E-state index < -0.39 is 0 Å². The van der Waals surface area contributed by atoms with Gasteiger partial charge in [0.25, 0.3) is 5.91 Å². The van der Waals surface area contributed by atoms with Gasteiger partial charge in [0.2, 0.25) is 0 Å². The molecule has 0 unspecified atom stereocenters. The molecule has 0 saturated carbocycles. The molecule has 0 radical (unpaired) electrons. The van der Waals surface area contributed by atoms with Crippen molar-refractivity contribution in [3.63, 3.8) is 0 Å². The maximum absolute atomic E-state index is 12.3. The summed E-state index contributed by atoms with van der Waals surface area (Å²) >= 11 is 0. The van der Waals surface area contributed by atoms with Crippen LogP contribution in [0.15, 0.2) is 54.9 Å². The molecule has 6 nitrogen and oxygen atoms in total. The molecule has 2 heterocycles. The van der Waals surface area contributed by atoms with E-state index in [1.165, 1.54) is 12.3 Å². The Hall–Kier alpha value is -3.15. The van der Waals surface area contributed by atoms with Crippen molar-refractivity contribution in [2.24, 2.45) is 0 Å². The minimum absolute atomic E-state index is 0.00808. The number of phenols is 1. The van der Waals surface area contributed by atoms with E-state index in [1.807, 2.05) is 6.07 Å². The number of phenolic OH excluding ortho intramolecular Hbond substituents is 1. The fraction of sp³-hybridized carbons (Fsp3) is 0. The summed E-state index contributed by atoms with van der Waals surface area (Å²) < 4.78 is 0. The number of carbonyl (C=O) groups is 1. The fourth-order valence-corrected chi connectivity index (χ4v) is 1.93. The number of aromatic hydroxyl groups is 1. The molecule has 6 heteroatoms. The summed E-state index contributed by atoms with van der Waals surface area (Å²) in [6.45, 7) is 0. The summed E-state index contributed by atoms with van der Waals surface area (Å²) in [6, 6.07) is 11.9. The molecule has 3 N–H and O–H groups in total. The summed E-state index contributed by atoms with van der Waals surface area (Å²) in [7, 11) is 0. The minimum atomic E-state index is -0.370. The number of H-pyrrole nitrogens is 1. The minimum Gasteiger partial charge on any atom is -0.506 e. The quantitative estimate of drug-likeness (QED) is 0.643. The number of para-hydroxylation sites is 2. The van der Waals surface area contributed by atoms with E-state index in [0.29, 0.717) is 22.6 Å². The zero-order valence-corrected chi connectivity index (χ0v) is 10.9. The molecule has 3 rings (SSSR count). The third-order valence-corrected chi connectivity index (χ3v) is 2.96. The lowest BCUT2D eigenvalue weighted by molar-refractivity contribution is 0.102. The standard InChI is InChI=1S/C15H12N4O2/c20-13-7-2-1-5-11(13)18-15(21)10-9-17-19-14(10)12-6-3-4-8-16-12/h1-9,20H,(H,17,19)(H,18,21). The van der Waals surface area contributed by atoms with Gasteiger partial charge in [-0.05, 0) is 24.3 Å². The van der Waals surface area contributed by atoms with Gasteiger partial charge in [0, 0.05) is 6.20 Å². The molecule has 0 bridgehead atoms. The highest BCUT2D eigenvalue weighted by Crippen LogP contribution is 2.24. The summed E-state index contributed by atoms with van der Waals surface area (Å²) in [5, 5.41) is 19.0. The van der Waals surface area contributed by atoms with Crippen molar-refractivity contribution < 1.29 is 9.90 Å². The first-order valence-electron chi connectivity index (χ1n) is 6.30. The van der Waals surface area contributed by atoms with Gasteiger partial charge in [0.1, 0.15) is 5.75 Å². The molecule has 0 spiro atoms. The topological polar surface area (TPSA) is 90.9 Å². The van der Waals surface area contributed by atoms with Crippen LogP contribution in [-0.4, -0.2) is 26.2 Å². The Morgan fingerprint density at radius 3 is 2.71 bits per heavy atom. The number of rotatable bonds is 3. The van der Waals surface area contributed by atoms with Crippen molar-refractivity contribution in [2.45, 2.75) is 0 Å². The van der Waals surface area contributed by atoms with E-state index in [9.17, 15) is 9.90 Å². The van der Waals surface area contributed by atoms with Crippen LogP contribution in [0, 0.1) is 0 Å². The number of aromatic nitrogens is 3. The lowest BCUT2D eigenvalue weighted by Crippen LogP contribution is -2.12. The van der Waals surface area contributed by atoms with Crippen LogP contribution >= 0.6 is 0 Å². The number of anilines is 1. The van der Waals surface area contributed by atoms with Crippen LogP contribution in [0.25, 0.3) is 11.4 Å². The highest BCUT2D eigenvalue weighted by Gasteiger charge is 2.16. The van der Waals surface area contributed by atoms with Gasteiger partial charge in [0.15, 0.2) is 0 Å². The number of nitrogens with one attached hydrogen (secondary N) is 2. The molecule has 0 aliphatic carbocycles. The molecule has 21 heavy (non-hydrogen) atoms. The first-order chi connectivity index (χ1) is 10.3. The van der Waals surface area contributed by atoms with E-state index in [0.717, 1.165) is 0 Å². The van der Waals surface area contributed by atoms with Crippen LogP contribution in [0.4, 0.5) is 5.69 Å². The van der Waals surface area contributed by atoms with Crippen LogP contribution in [0.5, 0.6) is 5.75 Å². The van der Waals surface area contributed by atoms with Gasteiger partial charge in [-0.15, -0.1) is 0 Å². The number of nitrogens with zero attached hydrogens (tertiary/aromatic N) is 2. The Morgan fingerprint density at radius 2 is 1.95 bits per heavy atom. The van der Waals surface area contributed by atoms with Crippen molar-refractivity contribution in [1.29, 1.82) is 0 Å². The van der Waals surface area contributed by atoms with Gasteiger partial charge in [-0.2, -0.15) is 5.10 Å². The third-order valence-electron chi connectivity index (χ3n) is 2.96. The second kappa shape index (κ2) is 5.46. The zero-order chi connectivity index (χ0) is 14.7. The first kappa shape index (κ1) is 12.9. The lowest BCUT2D eigenvalue weighted by atomic mass is 10.1. The Bertz CT molecular complexity index is 768. The number of amides is 1. The molecular formula is C15H12N4O2. The normalized spacial score (nSPS) is 10.3. The van der Waals surface area contributed by atoms with Gasteiger partial charge in [0.05, 0.1) is 28.8 Å². The van der Waals surface area contributed by atoms with Crippen molar-refractivity contribution in [3.8, 4) is 17.1 Å². The van der Waals surface area contributed by atoms with Crippen molar-refractivity contribution in [2.75, 3.05) is 5.32 Å². The molecule has 0 saturated heterocycles. The second-order valence-corrected chi connectivity index (χ2v) is 4.34. The molecule has 1 amide bonds. The van der Waals surface area contributed by atoms with Gasteiger partial charge >= 0.3 is 0 Å². The number of benzene rings is 1. The summed E-state index contributed by atoms with van der Waals surface area (Å²) in [4.78, 5) is 16.5. The summed E-state index contributed by atoms with van der Waals surface area (Å²) in [5.74, 6) is -0.361. The molecular weight excluding hydrogens is 268 g/mol. The van der Waals surface area contributed by atoms with Gasteiger partial charge in [-0.1, -0.05) is 18.2 Å². The van der Waals surface area contributed by atoms with E-state index in [-0.39, 0.29) is 11.7 Å². The average Bonchev–Trinajstić information content (AvgIpc) is 3.00. The largest absolute Gasteiger partial charge is 0.506 e. The van der Waals surface area contributed by atoms with Crippen LogP contribution in [0.3, 0.4) is 0 Å². The number of carbonyl (C=O) groups excluding carboxylic acids is 1. The molecule has 0 fully saturated rings. The second-order valence-electron chi connectivity index (χ2n) is 4.34. The average molecular weight is 280 g/mol. The van der Waals surface area contributed by atoms with E-state index in [2.05, 4.69) is 20.5 Å². The predicted molar refractivity (Wildman–Crippen MR) is 77.9 cm³/mol. The predicted octanol–water partition coefficient (Wildman–Crippen LogP) is 2.43. The lowest BCUT2D eigenvalue weighted by Gasteiger charge is -2.07. The maximum Gasteiger partial charge on any atom is 0.259 e. The highest BCUT2D eigenvalue weighted by atomic mass is 16.3.